The Hall–Kier alpha value is -2.00. The van der Waals surface area contributed by atoms with E-state index in [1.54, 1.807) is 18.3 Å². The highest BCUT2D eigenvalue weighted by molar-refractivity contribution is 6.37. The van der Waals surface area contributed by atoms with Crippen molar-refractivity contribution in [1.82, 2.24) is 0 Å². The zero-order chi connectivity index (χ0) is 17.6. The van der Waals surface area contributed by atoms with Gasteiger partial charge in [0.2, 0.25) is 0 Å². The number of nitrogens with zero attached hydrogens (tertiary/aromatic N) is 1. The molecule has 0 saturated carbocycles. The van der Waals surface area contributed by atoms with Gasteiger partial charge in [0.1, 0.15) is 6.61 Å². The molecule has 25 heavy (non-hydrogen) atoms. The van der Waals surface area contributed by atoms with Gasteiger partial charge < -0.3 is 4.74 Å². The zero-order valence-corrected chi connectivity index (χ0v) is 15.4. The van der Waals surface area contributed by atoms with Crippen molar-refractivity contribution < 1.29 is 4.74 Å². The quantitative estimate of drug-likeness (QED) is 0.431. The highest BCUT2D eigenvalue weighted by Crippen LogP contribution is 2.34. The van der Waals surface area contributed by atoms with Crippen molar-refractivity contribution in [2.45, 2.75) is 6.61 Å². The molecule has 0 unspecified atom stereocenters. The lowest BCUT2D eigenvalue weighted by atomic mass is 10.2. The summed E-state index contributed by atoms with van der Waals surface area (Å²) < 4.78 is 5.76. The van der Waals surface area contributed by atoms with Gasteiger partial charge in [-0.05, 0) is 47.5 Å². The summed E-state index contributed by atoms with van der Waals surface area (Å²) in [4.78, 5) is 4.39. The molecule has 0 atom stereocenters. The number of ether oxygens (including phenoxy) is 1. The van der Waals surface area contributed by atoms with Crippen molar-refractivity contribution in [3.05, 3.63) is 92.9 Å². The van der Waals surface area contributed by atoms with Gasteiger partial charge in [0, 0.05) is 11.2 Å². The second kappa shape index (κ2) is 8.39. The van der Waals surface area contributed by atoms with Crippen molar-refractivity contribution in [2.24, 2.45) is 4.99 Å². The molecule has 5 heteroatoms. The minimum absolute atomic E-state index is 0.355. The maximum atomic E-state index is 6.32. The molecule has 126 valence electrons. The molecule has 0 spiro atoms. The second-order valence-electron chi connectivity index (χ2n) is 5.32. The van der Waals surface area contributed by atoms with Crippen molar-refractivity contribution in [3.63, 3.8) is 0 Å². The van der Waals surface area contributed by atoms with Gasteiger partial charge >= 0.3 is 0 Å². The molecule has 0 amide bonds. The summed E-state index contributed by atoms with van der Waals surface area (Å²) in [7, 11) is 0. The Labute approximate surface area is 161 Å². The lowest BCUT2D eigenvalue weighted by Gasteiger charge is -2.11. The summed E-state index contributed by atoms with van der Waals surface area (Å²) in [6.07, 6.45) is 1.72. The molecule has 2 nitrogen and oxygen atoms in total. The lowest BCUT2D eigenvalue weighted by Crippen LogP contribution is -1.97. The molecule has 0 saturated heterocycles. The largest absolute Gasteiger partial charge is 0.486 e. The van der Waals surface area contributed by atoms with Crippen LogP contribution in [0.3, 0.4) is 0 Å². The summed E-state index contributed by atoms with van der Waals surface area (Å²) >= 11 is 18.5. The fourth-order valence-corrected chi connectivity index (χ4v) is 2.93. The first-order valence-electron chi connectivity index (χ1n) is 7.57. The summed E-state index contributed by atoms with van der Waals surface area (Å²) in [5.41, 5.74) is 2.64. The van der Waals surface area contributed by atoms with Crippen molar-refractivity contribution >= 4 is 46.7 Å². The van der Waals surface area contributed by atoms with Crippen LogP contribution in [0.15, 0.2) is 71.7 Å². The maximum Gasteiger partial charge on any atom is 0.157 e. The van der Waals surface area contributed by atoms with Crippen LogP contribution >= 0.6 is 34.8 Å². The Morgan fingerprint density at radius 3 is 2.12 bits per heavy atom. The Bertz CT molecular complexity index is 854. The topological polar surface area (TPSA) is 21.6 Å². The van der Waals surface area contributed by atoms with Gasteiger partial charge in [0.05, 0.1) is 15.7 Å². The van der Waals surface area contributed by atoms with Gasteiger partial charge in [-0.2, -0.15) is 0 Å². The molecule has 0 N–H and O–H groups in total. The van der Waals surface area contributed by atoms with Crippen molar-refractivity contribution in [1.29, 1.82) is 0 Å². The normalized spacial score (nSPS) is 11.0. The third-order valence-corrected chi connectivity index (χ3v) is 4.25. The maximum absolute atomic E-state index is 6.32. The zero-order valence-electron chi connectivity index (χ0n) is 13.1. The number of aliphatic imine (C=N–C) groups is 1. The van der Waals surface area contributed by atoms with Crippen LogP contribution in [0.25, 0.3) is 0 Å². The van der Waals surface area contributed by atoms with Crippen molar-refractivity contribution in [3.8, 4) is 5.75 Å². The first-order chi connectivity index (χ1) is 12.1. The number of halogens is 3. The average molecular weight is 391 g/mol. The fourth-order valence-electron chi connectivity index (χ4n) is 2.19. The van der Waals surface area contributed by atoms with E-state index in [-0.39, 0.29) is 0 Å². The molecule has 0 fully saturated rings. The summed E-state index contributed by atoms with van der Waals surface area (Å²) in [5, 5.41) is 1.56. The first-order valence-corrected chi connectivity index (χ1v) is 8.70. The lowest BCUT2D eigenvalue weighted by molar-refractivity contribution is 0.306. The van der Waals surface area contributed by atoms with E-state index in [0.29, 0.717) is 27.4 Å². The average Bonchev–Trinajstić information content (AvgIpc) is 2.62. The van der Waals surface area contributed by atoms with E-state index < -0.39 is 0 Å². The molecule has 0 aliphatic rings. The van der Waals surface area contributed by atoms with Gasteiger partial charge in [-0.25, -0.2) is 0 Å². The van der Waals surface area contributed by atoms with Crippen LogP contribution in [0, 0.1) is 0 Å². The Balaban J connectivity index is 1.73. The second-order valence-corrected chi connectivity index (χ2v) is 6.57. The number of hydrogen-bond donors (Lipinski definition) is 0. The van der Waals surface area contributed by atoms with E-state index in [9.17, 15) is 0 Å². The number of para-hydroxylation sites is 1. The highest BCUT2D eigenvalue weighted by atomic mass is 35.5. The third-order valence-electron chi connectivity index (χ3n) is 3.44. The van der Waals surface area contributed by atoms with E-state index in [4.69, 9.17) is 39.5 Å². The van der Waals surface area contributed by atoms with Crippen LogP contribution in [-0.4, -0.2) is 6.21 Å². The molecule has 0 aliphatic carbocycles. The molecule has 0 heterocycles. The standard InChI is InChI=1S/C20H14Cl3NO/c21-16-8-6-14(7-9-16)13-25-20-18(22)10-15(11-19(20)23)12-24-17-4-2-1-3-5-17/h1-12H,13H2. The number of benzene rings is 3. The van der Waals surface area contributed by atoms with Crippen LogP contribution in [0.2, 0.25) is 15.1 Å². The van der Waals surface area contributed by atoms with E-state index >= 15 is 0 Å². The Morgan fingerprint density at radius 1 is 0.840 bits per heavy atom. The van der Waals surface area contributed by atoms with Gasteiger partial charge in [0.25, 0.3) is 0 Å². The summed E-state index contributed by atoms with van der Waals surface area (Å²) in [6, 6.07) is 20.6. The molecule has 3 aromatic rings. The number of hydrogen-bond acceptors (Lipinski definition) is 2. The minimum Gasteiger partial charge on any atom is -0.486 e. The van der Waals surface area contributed by atoms with Crippen molar-refractivity contribution in [2.75, 3.05) is 0 Å². The van der Waals surface area contributed by atoms with E-state index in [1.165, 1.54) is 0 Å². The predicted molar refractivity (Wildman–Crippen MR) is 106 cm³/mol. The molecule has 3 rings (SSSR count). The smallest absolute Gasteiger partial charge is 0.157 e. The molecule has 0 radical (unpaired) electrons. The molecule has 3 aromatic carbocycles. The minimum atomic E-state index is 0.355. The van der Waals surface area contributed by atoms with Crippen LogP contribution in [-0.2, 0) is 6.61 Å². The van der Waals surface area contributed by atoms with Gasteiger partial charge in [-0.15, -0.1) is 0 Å². The van der Waals surface area contributed by atoms with Gasteiger partial charge in [0.15, 0.2) is 5.75 Å². The van der Waals surface area contributed by atoms with Gasteiger partial charge in [-0.1, -0.05) is 65.1 Å². The van der Waals surface area contributed by atoms with Crippen LogP contribution in [0.5, 0.6) is 5.75 Å². The monoisotopic (exact) mass is 389 g/mol. The first kappa shape index (κ1) is 17.8. The number of rotatable bonds is 5. The molecule has 0 aromatic heterocycles. The van der Waals surface area contributed by atoms with Gasteiger partial charge in [-0.3, -0.25) is 4.99 Å². The molecule has 0 bridgehead atoms. The van der Waals surface area contributed by atoms with Crippen LogP contribution in [0.1, 0.15) is 11.1 Å². The summed E-state index contributed by atoms with van der Waals surface area (Å²) in [6.45, 7) is 0.355. The Morgan fingerprint density at radius 2 is 1.48 bits per heavy atom. The van der Waals surface area contributed by atoms with E-state index in [1.807, 2.05) is 54.6 Å². The van der Waals surface area contributed by atoms with E-state index in [0.717, 1.165) is 16.8 Å². The predicted octanol–water partition coefficient (Wildman–Crippen LogP) is 6.98. The SMILES string of the molecule is Clc1ccc(COc2c(Cl)cc(C=Nc3ccccc3)cc2Cl)cc1. The van der Waals surface area contributed by atoms with Crippen LogP contribution < -0.4 is 4.74 Å². The molecular formula is C20H14Cl3NO. The fraction of sp³-hybridized carbons (Fsp3) is 0.0500. The Kier molecular flexibility index (Phi) is 5.98. The summed E-state index contributed by atoms with van der Waals surface area (Å²) in [5.74, 6) is 0.454. The highest BCUT2D eigenvalue weighted by Gasteiger charge is 2.09. The molecular weight excluding hydrogens is 377 g/mol. The van der Waals surface area contributed by atoms with Crippen LogP contribution in [0.4, 0.5) is 5.69 Å². The third kappa shape index (κ3) is 4.99. The van der Waals surface area contributed by atoms with E-state index in [2.05, 4.69) is 4.99 Å². The molecule has 0 aliphatic heterocycles.